The first-order valence-electron chi connectivity index (χ1n) is 5.90. The molecule has 0 aliphatic heterocycles. The molecule has 2 rings (SSSR count). The van der Waals surface area contributed by atoms with Gasteiger partial charge in [0.1, 0.15) is 0 Å². The summed E-state index contributed by atoms with van der Waals surface area (Å²) in [6.07, 6.45) is 0. The zero-order valence-corrected chi connectivity index (χ0v) is 10.7. The van der Waals surface area contributed by atoms with Gasteiger partial charge in [-0.2, -0.15) is 0 Å². The Morgan fingerprint density at radius 1 is 1.00 bits per heavy atom. The number of nitrogens with zero attached hydrogens (tertiary/aromatic N) is 1. The Labute approximate surface area is 115 Å². The zero-order valence-electron chi connectivity index (χ0n) is 10.7. The molecule has 0 fully saturated rings. The maximum Gasteiger partial charge on any atom is 0.270 e. The van der Waals surface area contributed by atoms with E-state index in [1.54, 1.807) is 25.1 Å². The first kappa shape index (κ1) is 13.6. The third-order valence-corrected chi connectivity index (χ3v) is 2.92. The van der Waals surface area contributed by atoms with Crippen LogP contribution in [0.15, 0.2) is 48.5 Å². The van der Waals surface area contributed by atoms with Crippen LogP contribution in [0.3, 0.4) is 0 Å². The molecule has 0 spiro atoms. The smallest absolute Gasteiger partial charge is 0.270 e. The molecular formula is C15H11NO4. The lowest BCUT2D eigenvalue weighted by Crippen LogP contribution is -2.15. The topological polar surface area (TPSA) is 77.3 Å². The quantitative estimate of drug-likeness (QED) is 0.370. The van der Waals surface area contributed by atoms with Gasteiger partial charge in [-0.3, -0.25) is 19.7 Å². The Morgan fingerprint density at radius 3 is 2.25 bits per heavy atom. The summed E-state index contributed by atoms with van der Waals surface area (Å²) in [5, 5.41) is 10.7. The number of Topliss-reactive ketones (excluding diaryl/α,β-unsaturated/α-hetero) is 2. The maximum atomic E-state index is 12.2. The summed E-state index contributed by atoms with van der Waals surface area (Å²) in [6, 6.07) is 12.0. The van der Waals surface area contributed by atoms with E-state index in [-0.39, 0.29) is 16.8 Å². The van der Waals surface area contributed by atoms with E-state index in [4.69, 9.17) is 0 Å². The van der Waals surface area contributed by atoms with Gasteiger partial charge in [-0.15, -0.1) is 0 Å². The lowest BCUT2D eigenvalue weighted by atomic mass is 9.97. The average molecular weight is 269 g/mol. The molecule has 0 atom stereocenters. The van der Waals surface area contributed by atoms with E-state index < -0.39 is 16.5 Å². The van der Waals surface area contributed by atoms with Crippen LogP contribution in [0.2, 0.25) is 0 Å². The first-order valence-corrected chi connectivity index (χ1v) is 5.90. The van der Waals surface area contributed by atoms with E-state index in [0.29, 0.717) is 5.56 Å². The summed E-state index contributed by atoms with van der Waals surface area (Å²) in [6.45, 7) is 1.63. The number of benzene rings is 2. The molecule has 0 heterocycles. The normalized spacial score (nSPS) is 10.1. The molecule has 0 aliphatic rings. The molecule has 0 aliphatic carbocycles. The van der Waals surface area contributed by atoms with Crippen molar-refractivity contribution in [1.82, 2.24) is 0 Å². The lowest BCUT2D eigenvalue weighted by Gasteiger charge is -2.04. The van der Waals surface area contributed by atoms with Crippen LogP contribution in [0.5, 0.6) is 0 Å². The van der Waals surface area contributed by atoms with Crippen LogP contribution < -0.4 is 0 Å². The second-order valence-corrected chi connectivity index (χ2v) is 4.28. The van der Waals surface area contributed by atoms with Crippen molar-refractivity contribution in [2.24, 2.45) is 0 Å². The molecule has 0 aromatic heterocycles. The summed E-state index contributed by atoms with van der Waals surface area (Å²) < 4.78 is 0. The van der Waals surface area contributed by atoms with Gasteiger partial charge in [0.25, 0.3) is 5.69 Å². The molecule has 20 heavy (non-hydrogen) atoms. The van der Waals surface area contributed by atoms with Crippen LogP contribution in [0.1, 0.15) is 26.3 Å². The van der Waals surface area contributed by atoms with E-state index in [2.05, 4.69) is 0 Å². The lowest BCUT2D eigenvalue weighted by molar-refractivity contribution is -0.384. The summed E-state index contributed by atoms with van der Waals surface area (Å²) >= 11 is 0. The minimum atomic E-state index is -0.739. The largest absolute Gasteiger partial charge is 0.285 e. The Balaban J connectivity index is 2.41. The molecule has 0 bridgehead atoms. The molecule has 0 N–H and O–H groups in total. The van der Waals surface area contributed by atoms with Crippen LogP contribution >= 0.6 is 0 Å². The van der Waals surface area contributed by atoms with E-state index in [1.807, 2.05) is 0 Å². The first-order chi connectivity index (χ1) is 9.50. The van der Waals surface area contributed by atoms with Gasteiger partial charge in [-0.1, -0.05) is 36.4 Å². The number of carbonyl (C=O) groups is 2. The maximum absolute atomic E-state index is 12.2. The number of carbonyl (C=O) groups excluding carboxylic acids is 2. The molecular weight excluding hydrogens is 258 g/mol. The number of hydrogen-bond acceptors (Lipinski definition) is 4. The second kappa shape index (κ2) is 5.44. The Kier molecular flexibility index (Phi) is 3.70. The van der Waals surface area contributed by atoms with Crippen LogP contribution in [-0.4, -0.2) is 16.5 Å². The third-order valence-electron chi connectivity index (χ3n) is 2.92. The summed E-state index contributed by atoms with van der Waals surface area (Å²) in [7, 11) is 0. The molecule has 5 nitrogen and oxygen atoms in total. The minimum Gasteiger partial charge on any atom is -0.285 e. The van der Waals surface area contributed by atoms with Crippen molar-refractivity contribution in [3.05, 3.63) is 75.3 Å². The zero-order chi connectivity index (χ0) is 14.7. The van der Waals surface area contributed by atoms with E-state index in [9.17, 15) is 19.7 Å². The monoisotopic (exact) mass is 269 g/mol. The fourth-order valence-corrected chi connectivity index (χ4v) is 1.81. The molecule has 2 aromatic rings. The predicted molar refractivity (Wildman–Crippen MR) is 72.9 cm³/mol. The fourth-order valence-electron chi connectivity index (χ4n) is 1.81. The molecule has 0 amide bonds. The van der Waals surface area contributed by atoms with Crippen molar-refractivity contribution < 1.29 is 14.5 Å². The number of nitro groups is 1. The highest BCUT2D eigenvalue weighted by Gasteiger charge is 2.22. The highest BCUT2D eigenvalue weighted by atomic mass is 16.6. The molecule has 100 valence electrons. The highest BCUT2D eigenvalue weighted by Crippen LogP contribution is 2.19. The Morgan fingerprint density at radius 2 is 1.65 bits per heavy atom. The number of hydrogen-bond donors (Lipinski definition) is 0. The van der Waals surface area contributed by atoms with Gasteiger partial charge in [0.15, 0.2) is 0 Å². The van der Waals surface area contributed by atoms with Crippen molar-refractivity contribution in [3.8, 4) is 0 Å². The van der Waals surface area contributed by atoms with Gasteiger partial charge >= 0.3 is 0 Å². The molecule has 0 saturated heterocycles. The number of ketones is 2. The Hall–Kier alpha value is -2.82. The third kappa shape index (κ3) is 2.61. The number of rotatable bonds is 4. The summed E-state index contributed by atoms with van der Waals surface area (Å²) in [5.74, 6) is -1.41. The predicted octanol–water partition coefficient (Wildman–Crippen LogP) is 2.97. The van der Waals surface area contributed by atoms with E-state index in [1.165, 1.54) is 24.3 Å². The number of non-ortho nitro benzene ring substituents is 1. The van der Waals surface area contributed by atoms with Crippen molar-refractivity contribution in [2.75, 3.05) is 0 Å². The molecule has 0 radical (unpaired) electrons. The molecule has 5 heteroatoms. The summed E-state index contributed by atoms with van der Waals surface area (Å²) in [5.41, 5.74) is 0.654. The molecule has 0 saturated carbocycles. The van der Waals surface area contributed by atoms with Crippen LogP contribution in [0.4, 0.5) is 5.69 Å². The minimum absolute atomic E-state index is 0.0630. The molecule has 0 unspecified atom stereocenters. The van der Waals surface area contributed by atoms with Gasteiger partial charge in [0.05, 0.1) is 4.92 Å². The fraction of sp³-hybridized carbons (Fsp3) is 0.0667. The van der Waals surface area contributed by atoms with Gasteiger partial charge < -0.3 is 0 Å². The summed E-state index contributed by atoms with van der Waals surface area (Å²) in [4.78, 5) is 34.4. The van der Waals surface area contributed by atoms with Crippen LogP contribution in [0, 0.1) is 17.0 Å². The van der Waals surface area contributed by atoms with Crippen molar-refractivity contribution >= 4 is 17.3 Å². The van der Waals surface area contributed by atoms with Gasteiger partial charge in [-0.25, -0.2) is 0 Å². The van der Waals surface area contributed by atoms with E-state index in [0.717, 1.165) is 6.07 Å². The van der Waals surface area contributed by atoms with Crippen molar-refractivity contribution in [2.45, 2.75) is 6.92 Å². The SMILES string of the molecule is Cc1ccc([N+](=O)[O-])cc1C(=O)C(=O)c1ccccc1. The van der Waals surface area contributed by atoms with Crippen LogP contribution in [0.25, 0.3) is 0 Å². The Bertz CT molecular complexity index is 692. The number of aryl methyl sites for hydroxylation is 1. The standard InChI is InChI=1S/C15H11NO4/c1-10-7-8-12(16(19)20)9-13(10)15(18)14(17)11-5-3-2-4-6-11/h2-9H,1H3. The van der Waals surface area contributed by atoms with Gasteiger partial charge in [0.2, 0.25) is 11.6 Å². The highest BCUT2D eigenvalue weighted by molar-refractivity contribution is 6.49. The van der Waals surface area contributed by atoms with E-state index >= 15 is 0 Å². The average Bonchev–Trinajstić information content (AvgIpc) is 2.47. The van der Waals surface area contributed by atoms with Gasteiger partial charge in [0, 0.05) is 23.3 Å². The van der Waals surface area contributed by atoms with Gasteiger partial charge in [-0.05, 0) is 12.5 Å². The second-order valence-electron chi connectivity index (χ2n) is 4.28. The number of nitro benzene ring substituents is 1. The van der Waals surface area contributed by atoms with Crippen molar-refractivity contribution in [1.29, 1.82) is 0 Å². The molecule has 2 aromatic carbocycles. The van der Waals surface area contributed by atoms with Crippen molar-refractivity contribution in [3.63, 3.8) is 0 Å². The van der Waals surface area contributed by atoms with Crippen LogP contribution in [-0.2, 0) is 0 Å².